The Labute approximate surface area is 79.1 Å². The van der Waals surface area contributed by atoms with Gasteiger partial charge in [0.2, 0.25) is 0 Å². The number of halogens is 6. The van der Waals surface area contributed by atoms with Crippen LogP contribution in [0.15, 0.2) is 0 Å². The van der Waals surface area contributed by atoms with Crippen molar-refractivity contribution in [2.24, 2.45) is 0 Å². The normalized spacial score (nSPS) is 10.4. The van der Waals surface area contributed by atoms with Gasteiger partial charge in [0.05, 0.1) is 0 Å². The maximum Gasteiger partial charge on any atom is 0.338 e. The SMILES string of the molecule is O=C(F)c1c(F)c(F)c(F)c(Cl)c1F. The minimum Gasteiger partial charge on any atom is -0.255 e. The summed E-state index contributed by atoms with van der Waals surface area (Å²) < 4.78 is 62.2. The molecule has 0 saturated heterocycles. The molecule has 0 atom stereocenters. The van der Waals surface area contributed by atoms with E-state index in [9.17, 15) is 26.7 Å². The van der Waals surface area contributed by atoms with Crippen LogP contribution in [0.1, 0.15) is 10.4 Å². The monoisotopic (exact) mass is 230 g/mol. The van der Waals surface area contributed by atoms with Crippen LogP contribution in [-0.2, 0) is 0 Å². The summed E-state index contributed by atoms with van der Waals surface area (Å²) in [7, 11) is 0. The minimum absolute atomic E-state index is 1.47. The Morgan fingerprint density at radius 3 is 1.86 bits per heavy atom. The highest BCUT2D eigenvalue weighted by Crippen LogP contribution is 2.28. The topological polar surface area (TPSA) is 17.1 Å². The highest BCUT2D eigenvalue weighted by Gasteiger charge is 2.28. The summed E-state index contributed by atoms with van der Waals surface area (Å²) in [6.07, 6.45) is 0. The Hall–Kier alpha value is -1.17. The van der Waals surface area contributed by atoms with Crippen LogP contribution in [0.2, 0.25) is 5.02 Å². The Morgan fingerprint density at radius 1 is 0.929 bits per heavy atom. The first-order chi connectivity index (χ1) is 6.37. The Balaban J connectivity index is 3.68. The maximum atomic E-state index is 12.7. The van der Waals surface area contributed by atoms with E-state index < -0.39 is 39.9 Å². The maximum absolute atomic E-state index is 12.7. The van der Waals surface area contributed by atoms with E-state index in [2.05, 4.69) is 0 Å². The molecule has 0 aliphatic carbocycles. The Morgan fingerprint density at radius 2 is 1.43 bits per heavy atom. The fourth-order valence-corrected chi connectivity index (χ4v) is 0.955. The van der Waals surface area contributed by atoms with E-state index >= 15 is 0 Å². The molecule has 0 bridgehead atoms. The van der Waals surface area contributed by atoms with E-state index in [-0.39, 0.29) is 0 Å². The third-order valence-corrected chi connectivity index (χ3v) is 1.74. The highest BCUT2D eigenvalue weighted by atomic mass is 35.5. The van der Waals surface area contributed by atoms with Crippen LogP contribution in [0.5, 0.6) is 0 Å². The largest absolute Gasteiger partial charge is 0.338 e. The Bertz CT molecular complexity index is 388. The lowest BCUT2D eigenvalue weighted by Gasteiger charge is -2.03. The van der Waals surface area contributed by atoms with Gasteiger partial charge in [0, 0.05) is 0 Å². The molecule has 76 valence electrons. The third kappa shape index (κ3) is 1.45. The van der Waals surface area contributed by atoms with Crippen LogP contribution in [0.25, 0.3) is 0 Å². The average Bonchev–Trinajstić information content (AvgIpc) is 2.11. The van der Waals surface area contributed by atoms with Gasteiger partial charge in [-0.1, -0.05) is 11.6 Å². The van der Waals surface area contributed by atoms with E-state index in [1.807, 2.05) is 0 Å². The van der Waals surface area contributed by atoms with Gasteiger partial charge in [-0.2, -0.15) is 4.39 Å². The smallest absolute Gasteiger partial charge is 0.255 e. The molecule has 0 heterocycles. The molecule has 0 aromatic heterocycles. The van der Waals surface area contributed by atoms with Crippen molar-refractivity contribution in [1.29, 1.82) is 0 Å². The van der Waals surface area contributed by atoms with Gasteiger partial charge in [0.25, 0.3) is 0 Å². The van der Waals surface area contributed by atoms with E-state index in [1.54, 1.807) is 0 Å². The lowest BCUT2D eigenvalue weighted by atomic mass is 10.2. The number of hydrogen-bond acceptors (Lipinski definition) is 1. The fraction of sp³-hybridized carbons (Fsp3) is 0. The zero-order valence-corrected chi connectivity index (χ0v) is 6.93. The van der Waals surface area contributed by atoms with Crippen LogP contribution >= 0.6 is 11.6 Å². The predicted octanol–water partition coefficient (Wildman–Crippen LogP) is 3.01. The second-order valence-electron chi connectivity index (χ2n) is 2.22. The number of rotatable bonds is 1. The first kappa shape index (κ1) is 10.9. The quantitative estimate of drug-likeness (QED) is 0.314. The minimum atomic E-state index is -2.57. The lowest BCUT2D eigenvalue weighted by Crippen LogP contribution is -2.07. The van der Waals surface area contributed by atoms with E-state index in [4.69, 9.17) is 11.6 Å². The number of carbonyl (C=O) groups is 1. The van der Waals surface area contributed by atoms with Crippen molar-refractivity contribution in [3.05, 3.63) is 33.9 Å². The molecule has 1 aromatic carbocycles. The molecule has 7 heteroatoms. The molecule has 1 aromatic rings. The number of hydrogen-bond donors (Lipinski definition) is 0. The molecule has 0 unspecified atom stereocenters. The van der Waals surface area contributed by atoms with Crippen molar-refractivity contribution < 1.29 is 26.7 Å². The Kier molecular flexibility index (Phi) is 2.75. The molecule has 1 nitrogen and oxygen atoms in total. The van der Waals surface area contributed by atoms with Crippen LogP contribution < -0.4 is 0 Å². The molecular weight excluding hydrogens is 231 g/mol. The zero-order valence-electron chi connectivity index (χ0n) is 6.18. The molecule has 0 N–H and O–H groups in total. The van der Waals surface area contributed by atoms with Gasteiger partial charge < -0.3 is 0 Å². The summed E-state index contributed by atoms with van der Waals surface area (Å²) in [4.78, 5) is 10.0. The van der Waals surface area contributed by atoms with E-state index in [0.717, 1.165) is 0 Å². The number of carbonyl (C=O) groups excluding carboxylic acids is 1. The summed E-state index contributed by atoms with van der Waals surface area (Å²) in [5.41, 5.74) is -1.84. The molecular formula is C7ClF5O. The molecule has 1 rings (SSSR count). The van der Waals surface area contributed by atoms with Gasteiger partial charge in [0.15, 0.2) is 23.3 Å². The second-order valence-corrected chi connectivity index (χ2v) is 2.60. The predicted molar refractivity (Wildman–Crippen MR) is 36.7 cm³/mol. The third-order valence-electron chi connectivity index (χ3n) is 1.41. The van der Waals surface area contributed by atoms with Crippen LogP contribution in [-0.4, -0.2) is 6.04 Å². The summed E-state index contributed by atoms with van der Waals surface area (Å²) in [6.45, 7) is 0. The molecule has 0 aliphatic rings. The van der Waals surface area contributed by atoms with Crippen molar-refractivity contribution in [2.45, 2.75) is 0 Å². The van der Waals surface area contributed by atoms with Crippen molar-refractivity contribution in [2.75, 3.05) is 0 Å². The van der Waals surface area contributed by atoms with E-state index in [1.165, 1.54) is 0 Å². The standard InChI is InChI=1S/C7ClF5O/c8-2-3(9)1(7(13)14)4(10)6(12)5(2)11. The summed E-state index contributed by atoms with van der Waals surface area (Å²) in [5.74, 6) is -8.41. The van der Waals surface area contributed by atoms with Crippen molar-refractivity contribution in [3.8, 4) is 0 Å². The first-order valence-electron chi connectivity index (χ1n) is 3.09. The molecule has 0 fully saturated rings. The summed E-state index contributed by atoms with van der Waals surface area (Å²) >= 11 is 4.83. The average molecular weight is 231 g/mol. The lowest BCUT2D eigenvalue weighted by molar-refractivity contribution is 0.0824. The number of benzene rings is 1. The second kappa shape index (κ2) is 3.53. The van der Waals surface area contributed by atoms with Crippen molar-refractivity contribution >= 4 is 17.6 Å². The molecule has 0 radical (unpaired) electrons. The van der Waals surface area contributed by atoms with Gasteiger partial charge in [0.1, 0.15) is 10.6 Å². The molecule has 0 aliphatic heterocycles. The molecule has 14 heavy (non-hydrogen) atoms. The summed E-state index contributed by atoms with van der Waals surface area (Å²) in [5, 5.41) is -1.47. The van der Waals surface area contributed by atoms with Crippen LogP contribution in [0.4, 0.5) is 22.0 Å². The van der Waals surface area contributed by atoms with Crippen molar-refractivity contribution in [1.82, 2.24) is 0 Å². The van der Waals surface area contributed by atoms with Gasteiger partial charge in [-0.15, -0.1) is 0 Å². The van der Waals surface area contributed by atoms with E-state index in [0.29, 0.717) is 0 Å². The van der Waals surface area contributed by atoms with Gasteiger partial charge >= 0.3 is 6.04 Å². The molecule has 0 amide bonds. The molecule has 0 saturated carbocycles. The van der Waals surface area contributed by atoms with Gasteiger partial charge in [-0.05, 0) is 0 Å². The highest BCUT2D eigenvalue weighted by molar-refractivity contribution is 6.31. The van der Waals surface area contributed by atoms with Gasteiger partial charge in [-0.25, -0.2) is 17.6 Å². The molecule has 0 spiro atoms. The zero-order chi connectivity index (χ0) is 11.0. The fourth-order valence-electron chi connectivity index (χ4n) is 0.777. The van der Waals surface area contributed by atoms with Crippen LogP contribution in [0, 0.1) is 23.3 Å². The van der Waals surface area contributed by atoms with Crippen LogP contribution in [0.3, 0.4) is 0 Å². The van der Waals surface area contributed by atoms with Crippen molar-refractivity contribution in [3.63, 3.8) is 0 Å². The first-order valence-corrected chi connectivity index (χ1v) is 3.47. The summed E-state index contributed by atoms with van der Waals surface area (Å²) in [6, 6.07) is -2.57. The van der Waals surface area contributed by atoms with Gasteiger partial charge in [-0.3, -0.25) is 4.79 Å².